The maximum atomic E-state index is 10.8. The maximum absolute atomic E-state index is 10.8. The second-order valence-corrected chi connectivity index (χ2v) is 4.70. The molecule has 1 aromatic carbocycles. The van der Waals surface area contributed by atoms with Gasteiger partial charge in [0.25, 0.3) is 0 Å². The summed E-state index contributed by atoms with van der Waals surface area (Å²) >= 11 is 0. The molecule has 1 heterocycles. The van der Waals surface area contributed by atoms with Crippen LogP contribution in [0, 0.1) is 0 Å². The highest BCUT2D eigenvalue weighted by molar-refractivity contribution is 5.84. The molecule has 0 spiro atoms. The predicted molar refractivity (Wildman–Crippen MR) is 76.0 cm³/mol. The quantitative estimate of drug-likeness (QED) is 0.764. The molecule has 0 fully saturated rings. The van der Waals surface area contributed by atoms with Crippen LogP contribution in [0.3, 0.4) is 0 Å². The van der Waals surface area contributed by atoms with Crippen LogP contribution in [0.5, 0.6) is 0 Å². The van der Waals surface area contributed by atoms with Crippen LogP contribution >= 0.6 is 0 Å². The van der Waals surface area contributed by atoms with Crippen LogP contribution in [0.25, 0.3) is 10.8 Å². The smallest absolute Gasteiger partial charge is 0.216 e. The Morgan fingerprint density at radius 3 is 2.80 bits per heavy atom. The van der Waals surface area contributed by atoms with E-state index >= 15 is 0 Å². The number of aliphatic hydroxyl groups excluding tert-OH is 2. The molecule has 2 unspecified atom stereocenters. The minimum atomic E-state index is -1.07. The van der Waals surface area contributed by atoms with E-state index in [1.807, 2.05) is 30.3 Å². The maximum Gasteiger partial charge on any atom is 0.216 e. The third kappa shape index (κ3) is 3.31. The van der Waals surface area contributed by atoms with Crippen molar-refractivity contribution < 1.29 is 15.0 Å². The number of aromatic nitrogens is 1. The SMILES string of the molecule is CC(=O)NCCC(O)C(O)c1nccc2ccccc12. The Kier molecular flexibility index (Phi) is 4.65. The van der Waals surface area contributed by atoms with Gasteiger partial charge in [0.05, 0.1) is 11.8 Å². The molecule has 0 bridgehead atoms. The number of hydrogen-bond acceptors (Lipinski definition) is 4. The van der Waals surface area contributed by atoms with Gasteiger partial charge in [-0.25, -0.2) is 0 Å². The molecule has 1 amide bonds. The van der Waals surface area contributed by atoms with E-state index in [1.165, 1.54) is 6.92 Å². The number of aliphatic hydroxyl groups is 2. The third-order valence-electron chi connectivity index (χ3n) is 3.16. The lowest BCUT2D eigenvalue weighted by atomic mass is 10.0. The standard InChI is InChI=1S/C15H18N2O3/c1-10(18)16-9-7-13(19)15(20)14-12-5-3-2-4-11(12)6-8-17-14/h2-6,8,13,15,19-20H,7,9H2,1H3,(H,16,18). The summed E-state index contributed by atoms with van der Waals surface area (Å²) in [5.41, 5.74) is 0.457. The first-order valence-corrected chi connectivity index (χ1v) is 6.54. The molecule has 2 aromatic rings. The van der Waals surface area contributed by atoms with Gasteiger partial charge in [0.15, 0.2) is 0 Å². The average molecular weight is 274 g/mol. The van der Waals surface area contributed by atoms with E-state index in [-0.39, 0.29) is 12.3 Å². The predicted octanol–water partition coefficient (Wildman–Crippen LogP) is 1.16. The van der Waals surface area contributed by atoms with E-state index in [0.29, 0.717) is 12.2 Å². The highest BCUT2D eigenvalue weighted by Gasteiger charge is 2.21. The molecule has 0 aliphatic heterocycles. The molecule has 0 aliphatic rings. The summed E-state index contributed by atoms with van der Waals surface area (Å²) in [5.74, 6) is -0.157. The molecule has 2 atom stereocenters. The van der Waals surface area contributed by atoms with Crippen LogP contribution in [-0.2, 0) is 4.79 Å². The third-order valence-corrected chi connectivity index (χ3v) is 3.16. The zero-order valence-electron chi connectivity index (χ0n) is 11.3. The summed E-state index contributed by atoms with van der Waals surface area (Å²) in [6.07, 6.45) is -0.164. The van der Waals surface area contributed by atoms with Gasteiger partial charge in [0.2, 0.25) is 5.91 Å². The topological polar surface area (TPSA) is 82.5 Å². The number of carbonyl (C=O) groups excluding carboxylic acids is 1. The lowest BCUT2D eigenvalue weighted by Gasteiger charge is -2.18. The zero-order valence-corrected chi connectivity index (χ0v) is 11.3. The highest BCUT2D eigenvalue weighted by Crippen LogP contribution is 2.25. The fourth-order valence-corrected chi connectivity index (χ4v) is 2.11. The summed E-state index contributed by atoms with van der Waals surface area (Å²) < 4.78 is 0. The lowest BCUT2D eigenvalue weighted by molar-refractivity contribution is -0.119. The summed E-state index contributed by atoms with van der Waals surface area (Å²) in [5, 5.41) is 24.6. The van der Waals surface area contributed by atoms with Gasteiger partial charge in [-0.1, -0.05) is 24.3 Å². The number of fused-ring (bicyclic) bond motifs is 1. The van der Waals surface area contributed by atoms with Crippen LogP contribution in [0.4, 0.5) is 0 Å². The van der Waals surface area contributed by atoms with E-state index in [9.17, 15) is 15.0 Å². The van der Waals surface area contributed by atoms with Crippen LogP contribution in [0.2, 0.25) is 0 Å². The van der Waals surface area contributed by atoms with Crippen molar-refractivity contribution in [2.45, 2.75) is 25.6 Å². The van der Waals surface area contributed by atoms with Crippen molar-refractivity contribution in [3.05, 3.63) is 42.2 Å². The van der Waals surface area contributed by atoms with Gasteiger partial charge in [-0.15, -0.1) is 0 Å². The largest absolute Gasteiger partial charge is 0.390 e. The molecule has 0 aliphatic carbocycles. The van der Waals surface area contributed by atoms with Crippen molar-refractivity contribution in [2.75, 3.05) is 6.54 Å². The van der Waals surface area contributed by atoms with Crippen LogP contribution in [0.15, 0.2) is 36.5 Å². The molecular weight excluding hydrogens is 256 g/mol. The minimum Gasteiger partial charge on any atom is -0.390 e. The normalized spacial score (nSPS) is 13.9. The molecule has 20 heavy (non-hydrogen) atoms. The number of carbonyl (C=O) groups is 1. The number of rotatable bonds is 5. The van der Waals surface area contributed by atoms with Gasteiger partial charge in [-0.05, 0) is 17.9 Å². The average Bonchev–Trinajstić information content (AvgIpc) is 2.45. The first kappa shape index (κ1) is 14.4. The van der Waals surface area contributed by atoms with Crippen molar-refractivity contribution in [3.8, 4) is 0 Å². The van der Waals surface area contributed by atoms with Gasteiger partial charge < -0.3 is 15.5 Å². The molecule has 0 radical (unpaired) electrons. The van der Waals surface area contributed by atoms with Crippen molar-refractivity contribution >= 4 is 16.7 Å². The van der Waals surface area contributed by atoms with E-state index in [2.05, 4.69) is 10.3 Å². The molecule has 5 heteroatoms. The first-order chi connectivity index (χ1) is 9.59. The molecule has 5 nitrogen and oxygen atoms in total. The number of nitrogens with one attached hydrogen (secondary N) is 1. The number of benzene rings is 1. The van der Waals surface area contributed by atoms with Crippen molar-refractivity contribution in [1.29, 1.82) is 0 Å². The molecule has 1 aromatic heterocycles. The number of amides is 1. The Bertz CT molecular complexity index is 595. The van der Waals surface area contributed by atoms with Gasteiger partial charge in [-0.2, -0.15) is 0 Å². The Morgan fingerprint density at radius 2 is 2.05 bits per heavy atom. The van der Waals surface area contributed by atoms with Gasteiger partial charge in [-0.3, -0.25) is 9.78 Å². The number of pyridine rings is 1. The fourth-order valence-electron chi connectivity index (χ4n) is 2.11. The first-order valence-electron chi connectivity index (χ1n) is 6.54. The molecule has 106 valence electrons. The van der Waals surface area contributed by atoms with E-state index in [1.54, 1.807) is 6.20 Å². The van der Waals surface area contributed by atoms with E-state index in [0.717, 1.165) is 10.8 Å². The molecule has 3 N–H and O–H groups in total. The summed E-state index contributed by atoms with van der Waals surface area (Å²) in [7, 11) is 0. The summed E-state index contributed by atoms with van der Waals surface area (Å²) in [6, 6.07) is 9.42. The summed E-state index contributed by atoms with van der Waals surface area (Å²) in [4.78, 5) is 14.9. The van der Waals surface area contributed by atoms with Crippen LogP contribution in [-0.4, -0.2) is 33.8 Å². The second kappa shape index (κ2) is 6.45. The molecular formula is C15H18N2O3. The summed E-state index contributed by atoms with van der Waals surface area (Å²) in [6.45, 7) is 1.73. The van der Waals surface area contributed by atoms with E-state index < -0.39 is 12.2 Å². The van der Waals surface area contributed by atoms with Gasteiger partial charge in [0, 0.05) is 25.1 Å². The second-order valence-electron chi connectivity index (χ2n) is 4.70. The monoisotopic (exact) mass is 274 g/mol. The van der Waals surface area contributed by atoms with Crippen LogP contribution in [0.1, 0.15) is 25.1 Å². The van der Waals surface area contributed by atoms with E-state index in [4.69, 9.17) is 0 Å². The van der Waals surface area contributed by atoms with Crippen molar-refractivity contribution in [3.63, 3.8) is 0 Å². The van der Waals surface area contributed by atoms with Gasteiger partial charge >= 0.3 is 0 Å². The Morgan fingerprint density at radius 1 is 1.30 bits per heavy atom. The fraction of sp³-hybridized carbons (Fsp3) is 0.333. The van der Waals surface area contributed by atoms with Crippen molar-refractivity contribution in [2.24, 2.45) is 0 Å². The zero-order chi connectivity index (χ0) is 14.5. The Labute approximate surface area is 117 Å². The van der Waals surface area contributed by atoms with Crippen molar-refractivity contribution in [1.82, 2.24) is 10.3 Å². The highest BCUT2D eigenvalue weighted by atomic mass is 16.3. The Hall–Kier alpha value is -1.98. The molecule has 2 rings (SSSR count). The molecule has 0 saturated heterocycles. The lowest BCUT2D eigenvalue weighted by Crippen LogP contribution is -2.28. The van der Waals surface area contributed by atoms with Gasteiger partial charge in [0.1, 0.15) is 6.10 Å². The minimum absolute atomic E-state index is 0.157. The molecule has 0 saturated carbocycles. The van der Waals surface area contributed by atoms with Crippen LogP contribution < -0.4 is 5.32 Å². The Balaban J connectivity index is 2.14. The number of hydrogen-bond donors (Lipinski definition) is 3. The number of nitrogens with zero attached hydrogens (tertiary/aromatic N) is 1.